The van der Waals surface area contributed by atoms with Gasteiger partial charge in [-0.3, -0.25) is 4.72 Å². The highest BCUT2D eigenvalue weighted by atomic mass is 32.2. The molecule has 0 spiro atoms. The Labute approximate surface area is 171 Å². The monoisotopic (exact) mass is 418 g/mol. The van der Waals surface area contributed by atoms with Gasteiger partial charge in [0.05, 0.1) is 18.5 Å². The number of para-hydroxylation sites is 1. The van der Waals surface area contributed by atoms with Crippen LogP contribution in [0, 0.1) is 5.82 Å². The molecule has 1 aliphatic rings. The summed E-state index contributed by atoms with van der Waals surface area (Å²) in [4.78, 5) is 4.60. The quantitative estimate of drug-likeness (QED) is 0.455. The van der Waals surface area contributed by atoms with Crippen LogP contribution in [0.25, 0.3) is 0 Å². The van der Waals surface area contributed by atoms with Gasteiger partial charge in [-0.15, -0.1) is 0 Å². The third-order valence-corrected chi connectivity index (χ3v) is 5.54. The highest BCUT2D eigenvalue weighted by Crippen LogP contribution is 2.47. The van der Waals surface area contributed by atoms with Gasteiger partial charge in [-0.1, -0.05) is 30.3 Å². The van der Waals surface area contributed by atoms with E-state index in [0.29, 0.717) is 31.3 Å². The predicted octanol–water partition coefficient (Wildman–Crippen LogP) is 2.98. The molecule has 2 aromatic rings. The van der Waals surface area contributed by atoms with E-state index in [9.17, 15) is 12.8 Å². The lowest BCUT2D eigenvalue weighted by Gasteiger charge is -2.19. The number of nitrogens with one attached hydrogen (secondary N) is 3. The molecule has 0 atom stereocenters. The largest absolute Gasteiger partial charge is 0.357 e. The number of anilines is 1. The van der Waals surface area contributed by atoms with Crippen LogP contribution in [0.4, 0.5) is 10.1 Å². The van der Waals surface area contributed by atoms with Crippen LogP contribution in [0.5, 0.6) is 0 Å². The van der Waals surface area contributed by atoms with Crippen molar-refractivity contribution >= 4 is 21.7 Å². The average Bonchev–Trinajstić information content (AvgIpc) is 3.45. The van der Waals surface area contributed by atoms with E-state index in [1.165, 1.54) is 6.07 Å². The van der Waals surface area contributed by atoms with Crippen molar-refractivity contribution in [2.24, 2.45) is 4.99 Å². The van der Waals surface area contributed by atoms with Crippen molar-refractivity contribution < 1.29 is 12.8 Å². The van der Waals surface area contributed by atoms with Crippen molar-refractivity contribution in [3.05, 3.63) is 65.5 Å². The number of nitrogens with zero attached hydrogens (tertiary/aromatic N) is 1. The first-order chi connectivity index (χ1) is 13.8. The summed E-state index contributed by atoms with van der Waals surface area (Å²) in [6.07, 6.45) is 3.13. The van der Waals surface area contributed by atoms with Gasteiger partial charge in [0.2, 0.25) is 10.0 Å². The molecule has 0 aliphatic heterocycles. The van der Waals surface area contributed by atoms with E-state index in [1.54, 1.807) is 24.3 Å². The Hall–Kier alpha value is -2.61. The Kier molecular flexibility index (Phi) is 6.42. The van der Waals surface area contributed by atoms with E-state index in [1.807, 2.05) is 25.1 Å². The second kappa shape index (κ2) is 8.82. The first-order valence-electron chi connectivity index (χ1n) is 9.65. The maximum Gasteiger partial charge on any atom is 0.229 e. The van der Waals surface area contributed by atoms with Crippen molar-refractivity contribution in [1.82, 2.24) is 10.6 Å². The first-order valence-corrected chi connectivity index (χ1v) is 11.5. The van der Waals surface area contributed by atoms with Gasteiger partial charge in [0.25, 0.3) is 0 Å². The zero-order chi connectivity index (χ0) is 20.9. The smallest absolute Gasteiger partial charge is 0.229 e. The van der Waals surface area contributed by atoms with Crippen LogP contribution in [0.2, 0.25) is 0 Å². The lowest BCUT2D eigenvalue weighted by atomic mass is 9.96. The molecule has 3 N–H and O–H groups in total. The summed E-state index contributed by atoms with van der Waals surface area (Å²) < 4.78 is 39.3. The van der Waals surface area contributed by atoms with Crippen LogP contribution in [0.15, 0.2) is 53.5 Å². The van der Waals surface area contributed by atoms with Crippen molar-refractivity contribution in [1.29, 1.82) is 0 Å². The fourth-order valence-electron chi connectivity index (χ4n) is 3.25. The number of rotatable bonds is 8. The zero-order valence-corrected chi connectivity index (χ0v) is 17.5. The molecule has 0 heterocycles. The number of halogens is 1. The van der Waals surface area contributed by atoms with Crippen LogP contribution in [0.1, 0.15) is 30.9 Å². The number of hydrogen-bond donors (Lipinski definition) is 3. The predicted molar refractivity (Wildman–Crippen MR) is 115 cm³/mol. The number of aliphatic imine (C=N–C) groups is 1. The van der Waals surface area contributed by atoms with Crippen molar-refractivity contribution in [2.45, 2.75) is 31.7 Å². The molecular weight excluding hydrogens is 391 g/mol. The molecule has 29 heavy (non-hydrogen) atoms. The molecule has 156 valence electrons. The van der Waals surface area contributed by atoms with Crippen LogP contribution >= 0.6 is 0 Å². The fraction of sp³-hybridized carbons (Fsp3) is 0.381. The van der Waals surface area contributed by atoms with Crippen LogP contribution in [-0.2, 0) is 22.0 Å². The second-order valence-corrected chi connectivity index (χ2v) is 9.12. The molecule has 8 heteroatoms. The number of guanidine groups is 1. The Morgan fingerprint density at radius 3 is 2.55 bits per heavy atom. The minimum atomic E-state index is -3.36. The molecule has 0 saturated heterocycles. The van der Waals surface area contributed by atoms with Gasteiger partial charge in [-0.2, -0.15) is 0 Å². The molecule has 0 unspecified atom stereocenters. The third-order valence-electron chi connectivity index (χ3n) is 4.95. The first kappa shape index (κ1) is 21.1. The molecule has 1 fully saturated rings. The topological polar surface area (TPSA) is 82.6 Å². The SMILES string of the molecule is CCNC(=NCc1ccccc1NS(C)(=O)=O)NCC1(c2cccc(F)c2)CC1. The van der Waals surface area contributed by atoms with Gasteiger partial charge in [-0.05, 0) is 49.1 Å². The van der Waals surface area contributed by atoms with E-state index in [-0.39, 0.29) is 11.2 Å². The molecule has 1 aliphatic carbocycles. The minimum absolute atomic E-state index is 0.0615. The lowest BCUT2D eigenvalue weighted by molar-refractivity contribution is 0.606. The minimum Gasteiger partial charge on any atom is -0.357 e. The van der Waals surface area contributed by atoms with Crippen LogP contribution in [-0.4, -0.2) is 33.7 Å². The van der Waals surface area contributed by atoms with Crippen LogP contribution < -0.4 is 15.4 Å². The molecule has 0 aromatic heterocycles. The summed E-state index contributed by atoms with van der Waals surface area (Å²) >= 11 is 0. The van der Waals surface area contributed by atoms with Crippen molar-refractivity contribution in [2.75, 3.05) is 24.1 Å². The Balaban J connectivity index is 1.70. The normalized spacial score (nSPS) is 15.6. The van der Waals surface area contributed by atoms with E-state index in [2.05, 4.69) is 20.3 Å². The van der Waals surface area contributed by atoms with Gasteiger partial charge in [-0.25, -0.2) is 17.8 Å². The molecule has 1 saturated carbocycles. The Morgan fingerprint density at radius 1 is 1.14 bits per heavy atom. The highest BCUT2D eigenvalue weighted by molar-refractivity contribution is 7.92. The molecule has 0 radical (unpaired) electrons. The standard InChI is InChI=1S/C21H27FN4O2S/c1-3-23-20(24-14-16-7-4-5-10-19(16)26-29(2,27)28)25-15-21(11-12-21)17-8-6-9-18(22)13-17/h4-10,13,26H,3,11-12,14-15H2,1-2H3,(H2,23,24,25). The second-order valence-electron chi connectivity index (χ2n) is 7.37. The van der Waals surface area contributed by atoms with E-state index < -0.39 is 10.0 Å². The molecule has 6 nitrogen and oxygen atoms in total. The maximum absolute atomic E-state index is 13.6. The Bertz CT molecular complexity index is 988. The number of benzene rings is 2. The summed E-state index contributed by atoms with van der Waals surface area (Å²) in [6.45, 7) is 3.66. The maximum atomic E-state index is 13.6. The number of sulfonamides is 1. The summed E-state index contributed by atoms with van der Waals surface area (Å²) in [5.41, 5.74) is 2.24. The molecule has 2 aromatic carbocycles. The summed E-state index contributed by atoms with van der Waals surface area (Å²) in [5, 5.41) is 6.57. The van der Waals surface area contributed by atoms with Gasteiger partial charge in [0, 0.05) is 18.5 Å². The van der Waals surface area contributed by atoms with Crippen molar-refractivity contribution in [3.8, 4) is 0 Å². The highest BCUT2D eigenvalue weighted by Gasteiger charge is 2.44. The zero-order valence-electron chi connectivity index (χ0n) is 16.7. The van der Waals surface area contributed by atoms with Gasteiger partial charge >= 0.3 is 0 Å². The van der Waals surface area contributed by atoms with Gasteiger partial charge in [0.1, 0.15) is 5.82 Å². The Morgan fingerprint density at radius 2 is 1.90 bits per heavy atom. The van der Waals surface area contributed by atoms with Gasteiger partial charge < -0.3 is 10.6 Å². The van der Waals surface area contributed by atoms with Crippen molar-refractivity contribution in [3.63, 3.8) is 0 Å². The summed E-state index contributed by atoms with van der Waals surface area (Å²) in [7, 11) is -3.36. The number of hydrogen-bond acceptors (Lipinski definition) is 3. The van der Waals surface area contributed by atoms with E-state index >= 15 is 0 Å². The lowest BCUT2D eigenvalue weighted by Crippen LogP contribution is -2.41. The molecular formula is C21H27FN4O2S. The van der Waals surface area contributed by atoms with E-state index in [0.717, 1.165) is 30.2 Å². The summed E-state index contributed by atoms with van der Waals surface area (Å²) in [5.74, 6) is 0.425. The van der Waals surface area contributed by atoms with Crippen LogP contribution in [0.3, 0.4) is 0 Å². The molecule has 0 amide bonds. The third kappa shape index (κ3) is 5.93. The molecule has 3 rings (SSSR count). The molecule has 0 bridgehead atoms. The summed E-state index contributed by atoms with van der Waals surface area (Å²) in [6, 6.07) is 14.0. The fourth-order valence-corrected chi connectivity index (χ4v) is 3.85. The van der Waals surface area contributed by atoms with Gasteiger partial charge in [0.15, 0.2) is 5.96 Å². The average molecular weight is 419 g/mol. The van der Waals surface area contributed by atoms with E-state index in [4.69, 9.17) is 0 Å².